The largest absolute Gasteiger partial charge is 0.456 e. The fourth-order valence-corrected chi connectivity index (χ4v) is 5.98. The first-order chi connectivity index (χ1) is 15.0. The molecule has 9 heteroatoms. The van der Waals surface area contributed by atoms with Gasteiger partial charge in [0, 0.05) is 10.4 Å². The fraction of sp³-hybridized carbons (Fsp3) is 0.217. The molecule has 7 nitrogen and oxygen atoms in total. The van der Waals surface area contributed by atoms with Gasteiger partial charge in [-0.25, -0.2) is 13.2 Å². The topological polar surface area (TPSA) is 107 Å². The van der Waals surface area contributed by atoms with E-state index in [9.17, 15) is 18.0 Å². The minimum atomic E-state index is -3.94. The van der Waals surface area contributed by atoms with Crippen LogP contribution in [0.3, 0.4) is 0 Å². The standard InChI is InChI=1S/C23H22N2O5S2/c1-23(2,3)30-22(27)14-8-10-16(11-9-14)32(28,29)25-13-15-12-19(21(24)26)31-20(15)17-6-4-5-7-18(17)25/h4-12H,13H2,1-3H3,(H2,24,26). The first kappa shape index (κ1) is 22.0. The van der Waals surface area contributed by atoms with Crippen LogP contribution in [-0.4, -0.2) is 25.9 Å². The Morgan fingerprint density at radius 3 is 2.34 bits per heavy atom. The van der Waals surface area contributed by atoms with Gasteiger partial charge in [-0.3, -0.25) is 9.10 Å². The highest BCUT2D eigenvalue weighted by molar-refractivity contribution is 7.92. The van der Waals surface area contributed by atoms with E-state index < -0.39 is 27.5 Å². The molecule has 3 aromatic rings. The molecule has 1 aliphatic rings. The van der Waals surface area contributed by atoms with Gasteiger partial charge in [-0.05, 0) is 62.7 Å². The van der Waals surface area contributed by atoms with Crippen molar-refractivity contribution in [2.45, 2.75) is 37.8 Å². The van der Waals surface area contributed by atoms with Crippen molar-refractivity contribution in [3.8, 4) is 10.4 Å². The number of para-hydroxylation sites is 1. The highest BCUT2D eigenvalue weighted by atomic mass is 32.2. The number of rotatable bonds is 4. The zero-order valence-electron chi connectivity index (χ0n) is 17.8. The molecule has 0 bridgehead atoms. The number of carbonyl (C=O) groups is 2. The van der Waals surface area contributed by atoms with E-state index in [1.807, 2.05) is 12.1 Å². The average molecular weight is 471 g/mol. The maximum absolute atomic E-state index is 13.5. The van der Waals surface area contributed by atoms with Crippen LogP contribution in [0.1, 0.15) is 46.4 Å². The van der Waals surface area contributed by atoms with Crippen molar-refractivity contribution in [3.05, 3.63) is 70.6 Å². The third kappa shape index (κ3) is 4.01. The molecule has 0 aliphatic carbocycles. The number of hydrogen-bond acceptors (Lipinski definition) is 6. The number of nitrogens with zero attached hydrogens (tertiary/aromatic N) is 1. The third-order valence-electron chi connectivity index (χ3n) is 4.86. The molecule has 1 aromatic heterocycles. The van der Waals surface area contributed by atoms with E-state index in [2.05, 4.69) is 0 Å². The summed E-state index contributed by atoms with van der Waals surface area (Å²) < 4.78 is 33.7. The Hall–Kier alpha value is -3.17. The number of hydrogen-bond donors (Lipinski definition) is 1. The first-order valence-corrected chi connectivity index (χ1v) is 12.1. The summed E-state index contributed by atoms with van der Waals surface area (Å²) in [6.07, 6.45) is 0. The summed E-state index contributed by atoms with van der Waals surface area (Å²) in [6.45, 7) is 5.37. The molecule has 0 spiro atoms. The Kier molecular flexibility index (Phi) is 5.34. The molecule has 1 amide bonds. The van der Waals surface area contributed by atoms with E-state index in [1.165, 1.54) is 39.9 Å². The van der Waals surface area contributed by atoms with E-state index >= 15 is 0 Å². The van der Waals surface area contributed by atoms with Gasteiger partial charge >= 0.3 is 5.97 Å². The Morgan fingerprint density at radius 2 is 1.72 bits per heavy atom. The summed E-state index contributed by atoms with van der Waals surface area (Å²) in [5, 5.41) is 0. The van der Waals surface area contributed by atoms with Crippen LogP contribution in [0.15, 0.2) is 59.5 Å². The quantitative estimate of drug-likeness (QED) is 0.576. The number of benzene rings is 2. The number of fused-ring (bicyclic) bond motifs is 3. The lowest BCUT2D eigenvalue weighted by molar-refractivity contribution is 0.00693. The summed E-state index contributed by atoms with van der Waals surface area (Å²) in [7, 11) is -3.94. The summed E-state index contributed by atoms with van der Waals surface area (Å²) in [5.74, 6) is -1.07. The lowest BCUT2D eigenvalue weighted by Crippen LogP contribution is -2.32. The molecule has 2 aromatic carbocycles. The number of amides is 1. The van der Waals surface area contributed by atoms with E-state index in [0.717, 1.165) is 16.0 Å². The number of primary amides is 1. The van der Waals surface area contributed by atoms with Crippen LogP contribution in [0.5, 0.6) is 0 Å². The van der Waals surface area contributed by atoms with Crippen molar-refractivity contribution >= 4 is 38.9 Å². The number of thiophene rings is 1. The van der Waals surface area contributed by atoms with Gasteiger partial charge in [0.1, 0.15) is 5.60 Å². The molecule has 0 radical (unpaired) electrons. The molecule has 0 saturated heterocycles. The lowest BCUT2D eigenvalue weighted by atomic mass is 10.0. The Balaban J connectivity index is 1.71. The molecule has 166 valence electrons. The van der Waals surface area contributed by atoms with Crippen molar-refractivity contribution < 1.29 is 22.7 Å². The van der Waals surface area contributed by atoms with Gasteiger partial charge in [0.25, 0.3) is 15.9 Å². The van der Waals surface area contributed by atoms with Gasteiger partial charge in [-0.2, -0.15) is 0 Å². The molecule has 0 fully saturated rings. The molecule has 0 saturated carbocycles. The summed E-state index contributed by atoms with van der Waals surface area (Å²) in [4.78, 5) is 25.2. The van der Waals surface area contributed by atoms with Crippen molar-refractivity contribution in [2.24, 2.45) is 5.73 Å². The zero-order valence-corrected chi connectivity index (χ0v) is 19.4. The molecule has 2 N–H and O–H groups in total. The number of nitrogens with two attached hydrogens (primary N) is 1. The minimum absolute atomic E-state index is 0.0495. The molecule has 1 aliphatic heterocycles. The molecule has 0 atom stereocenters. The second kappa shape index (κ2) is 7.75. The Bertz CT molecular complexity index is 1320. The minimum Gasteiger partial charge on any atom is -0.456 e. The van der Waals surface area contributed by atoms with Crippen molar-refractivity contribution in [1.82, 2.24) is 0 Å². The van der Waals surface area contributed by atoms with E-state index in [-0.39, 0.29) is 17.0 Å². The normalized spacial score (nSPS) is 13.3. The van der Waals surface area contributed by atoms with Gasteiger partial charge in [-0.1, -0.05) is 18.2 Å². The summed E-state index contributed by atoms with van der Waals surface area (Å²) in [5.41, 5.74) is 7.02. The first-order valence-electron chi connectivity index (χ1n) is 9.85. The number of sulfonamides is 1. The molecular formula is C23H22N2O5S2. The van der Waals surface area contributed by atoms with Crippen LogP contribution >= 0.6 is 11.3 Å². The van der Waals surface area contributed by atoms with Crippen molar-refractivity contribution in [1.29, 1.82) is 0 Å². The maximum Gasteiger partial charge on any atom is 0.338 e. The molecular weight excluding hydrogens is 448 g/mol. The second-order valence-corrected chi connectivity index (χ2v) is 11.3. The lowest BCUT2D eigenvalue weighted by Gasteiger charge is -2.30. The maximum atomic E-state index is 13.5. The monoisotopic (exact) mass is 470 g/mol. The predicted octanol–water partition coefficient (Wildman–Crippen LogP) is 4.18. The van der Waals surface area contributed by atoms with Crippen molar-refractivity contribution in [2.75, 3.05) is 4.31 Å². The fourth-order valence-electron chi connectivity index (χ4n) is 3.46. The van der Waals surface area contributed by atoms with Crippen LogP contribution in [0.25, 0.3) is 10.4 Å². The average Bonchev–Trinajstić information content (AvgIpc) is 3.17. The van der Waals surface area contributed by atoms with Gasteiger partial charge in [0.2, 0.25) is 0 Å². The highest BCUT2D eigenvalue weighted by Gasteiger charge is 2.33. The van der Waals surface area contributed by atoms with Crippen LogP contribution in [0.4, 0.5) is 5.69 Å². The highest BCUT2D eigenvalue weighted by Crippen LogP contribution is 2.45. The number of ether oxygens (including phenoxy) is 1. The van der Waals surface area contributed by atoms with Crippen LogP contribution in [-0.2, 0) is 21.3 Å². The molecule has 0 unspecified atom stereocenters. The predicted molar refractivity (Wildman–Crippen MR) is 123 cm³/mol. The third-order valence-corrected chi connectivity index (χ3v) is 7.86. The van der Waals surface area contributed by atoms with Crippen LogP contribution < -0.4 is 10.0 Å². The molecule has 32 heavy (non-hydrogen) atoms. The van der Waals surface area contributed by atoms with E-state index in [0.29, 0.717) is 10.6 Å². The second-order valence-electron chi connectivity index (χ2n) is 8.38. The van der Waals surface area contributed by atoms with Crippen molar-refractivity contribution in [3.63, 3.8) is 0 Å². The number of carbonyl (C=O) groups excluding carboxylic acids is 2. The molecule has 2 heterocycles. The van der Waals surface area contributed by atoms with Gasteiger partial charge in [0.05, 0.1) is 27.6 Å². The van der Waals surface area contributed by atoms with Gasteiger partial charge < -0.3 is 10.5 Å². The Labute approximate surface area is 190 Å². The number of esters is 1. The summed E-state index contributed by atoms with van der Waals surface area (Å²) >= 11 is 1.26. The van der Waals surface area contributed by atoms with Gasteiger partial charge in [0.15, 0.2) is 0 Å². The van der Waals surface area contributed by atoms with Gasteiger partial charge in [-0.15, -0.1) is 11.3 Å². The smallest absolute Gasteiger partial charge is 0.338 e. The van der Waals surface area contributed by atoms with E-state index in [4.69, 9.17) is 10.5 Å². The number of anilines is 1. The van der Waals surface area contributed by atoms with Crippen LogP contribution in [0.2, 0.25) is 0 Å². The SMILES string of the molecule is CC(C)(C)OC(=O)c1ccc(S(=O)(=O)N2Cc3cc(C(N)=O)sc3-c3ccccc32)cc1. The zero-order chi connectivity index (χ0) is 23.3. The summed E-state index contributed by atoms with van der Waals surface area (Å²) in [6, 6.07) is 14.5. The van der Waals surface area contributed by atoms with E-state index in [1.54, 1.807) is 39.0 Å². The van der Waals surface area contributed by atoms with Crippen LogP contribution in [0, 0.1) is 0 Å². The Morgan fingerprint density at radius 1 is 1.06 bits per heavy atom. The molecule has 4 rings (SSSR count).